The van der Waals surface area contributed by atoms with Gasteiger partial charge in [0.15, 0.2) is 0 Å². The number of rotatable bonds is 2. The zero-order valence-electron chi connectivity index (χ0n) is 9.04. The van der Waals surface area contributed by atoms with E-state index in [-0.39, 0.29) is 0 Å². The monoisotopic (exact) mass is 197 g/mol. The zero-order valence-corrected chi connectivity index (χ0v) is 9.04. The highest BCUT2D eigenvalue weighted by Gasteiger charge is 2.32. The van der Waals surface area contributed by atoms with Gasteiger partial charge in [0.1, 0.15) is 0 Å². The maximum atomic E-state index is 9.27. The van der Waals surface area contributed by atoms with Gasteiger partial charge in [-0.05, 0) is 24.8 Å². The van der Waals surface area contributed by atoms with Crippen molar-refractivity contribution < 1.29 is 5.11 Å². The first kappa shape index (κ1) is 10.4. The minimum absolute atomic E-state index is 0.334. The molecule has 2 aliphatic rings. The topological polar surface area (TPSA) is 32.3 Å². The molecule has 0 radical (unpaired) electrons. The normalized spacial score (nSPS) is 35.8. The summed E-state index contributed by atoms with van der Waals surface area (Å²) in [5.41, 5.74) is 0. The standard InChI is InChI=1S/C12H23NO/c14-9-12-11(7-8-13-12)10-5-3-1-2-4-6-10/h10-14H,1-9H2. The molecule has 2 fully saturated rings. The fourth-order valence-electron chi connectivity index (χ4n) is 3.29. The van der Waals surface area contributed by atoms with Crippen molar-refractivity contribution in [2.45, 2.75) is 51.0 Å². The first-order chi connectivity index (χ1) is 6.92. The van der Waals surface area contributed by atoms with Crippen LogP contribution in [0.15, 0.2) is 0 Å². The lowest BCUT2D eigenvalue weighted by Crippen LogP contribution is -2.34. The summed E-state index contributed by atoms with van der Waals surface area (Å²) >= 11 is 0. The summed E-state index contributed by atoms with van der Waals surface area (Å²) < 4.78 is 0. The van der Waals surface area contributed by atoms with Crippen molar-refractivity contribution in [3.05, 3.63) is 0 Å². The largest absolute Gasteiger partial charge is 0.395 e. The molecule has 0 aromatic rings. The molecule has 0 amide bonds. The van der Waals surface area contributed by atoms with Crippen LogP contribution in [-0.4, -0.2) is 24.3 Å². The third kappa shape index (κ3) is 2.29. The fraction of sp³-hybridized carbons (Fsp3) is 1.00. The van der Waals surface area contributed by atoms with Gasteiger partial charge in [-0.15, -0.1) is 0 Å². The van der Waals surface area contributed by atoms with E-state index in [1.807, 2.05) is 0 Å². The predicted octanol–water partition coefficient (Wildman–Crippen LogP) is 1.93. The molecule has 1 saturated heterocycles. The predicted molar refractivity (Wildman–Crippen MR) is 58.2 cm³/mol. The Morgan fingerprint density at radius 3 is 2.36 bits per heavy atom. The lowest BCUT2D eigenvalue weighted by molar-refractivity contribution is 0.184. The van der Waals surface area contributed by atoms with E-state index in [2.05, 4.69) is 5.32 Å². The highest BCUT2D eigenvalue weighted by atomic mass is 16.3. The van der Waals surface area contributed by atoms with E-state index in [1.165, 1.54) is 44.9 Å². The van der Waals surface area contributed by atoms with Gasteiger partial charge in [0, 0.05) is 6.04 Å². The molecular weight excluding hydrogens is 174 g/mol. The van der Waals surface area contributed by atoms with Crippen molar-refractivity contribution in [2.75, 3.05) is 13.2 Å². The summed E-state index contributed by atoms with van der Waals surface area (Å²) in [6, 6.07) is 0.401. The van der Waals surface area contributed by atoms with E-state index in [9.17, 15) is 5.11 Å². The van der Waals surface area contributed by atoms with Crippen LogP contribution in [0.1, 0.15) is 44.9 Å². The number of hydrogen-bond donors (Lipinski definition) is 2. The Labute approximate surface area is 87.1 Å². The Morgan fingerprint density at radius 1 is 1.00 bits per heavy atom. The van der Waals surface area contributed by atoms with E-state index in [1.54, 1.807) is 0 Å². The van der Waals surface area contributed by atoms with Gasteiger partial charge < -0.3 is 10.4 Å². The maximum absolute atomic E-state index is 9.27. The Hall–Kier alpha value is -0.0800. The number of aliphatic hydroxyl groups excluding tert-OH is 1. The second kappa shape index (κ2) is 5.13. The van der Waals surface area contributed by atoms with Crippen molar-refractivity contribution in [1.82, 2.24) is 5.32 Å². The number of hydrogen-bond acceptors (Lipinski definition) is 2. The molecule has 0 aromatic carbocycles. The highest BCUT2D eigenvalue weighted by molar-refractivity contribution is 4.88. The molecule has 2 rings (SSSR count). The zero-order chi connectivity index (χ0) is 9.80. The van der Waals surface area contributed by atoms with Gasteiger partial charge in [-0.3, -0.25) is 0 Å². The van der Waals surface area contributed by atoms with Crippen LogP contribution in [-0.2, 0) is 0 Å². The van der Waals surface area contributed by atoms with E-state index in [0.717, 1.165) is 18.4 Å². The highest BCUT2D eigenvalue weighted by Crippen LogP contribution is 2.34. The number of aliphatic hydroxyl groups is 1. The molecule has 2 N–H and O–H groups in total. The van der Waals surface area contributed by atoms with Gasteiger partial charge in [-0.2, -0.15) is 0 Å². The molecule has 1 saturated carbocycles. The molecule has 1 aliphatic heterocycles. The third-order valence-corrected chi connectivity index (χ3v) is 4.10. The Bertz CT molecular complexity index is 164. The van der Waals surface area contributed by atoms with E-state index < -0.39 is 0 Å². The molecule has 0 bridgehead atoms. The van der Waals surface area contributed by atoms with E-state index in [0.29, 0.717) is 12.6 Å². The molecule has 2 nitrogen and oxygen atoms in total. The lowest BCUT2D eigenvalue weighted by Gasteiger charge is -2.26. The first-order valence-electron chi connectivity index (χ1n) is 6.26. The summed E-state index contributed by atoms with van der Waals surface area (Å²) in [5.74, 6) is 1.66. The van der Waals surface area contributed by atoms with Crippen LogP contribution < -0.4 is 5.32 Å². The van der Waals surface area contributed by atoms with Gasteiger partial charge in [-0.25, -0.2) is 0 Å². The van der Waals surface area contributed by atoms with Gasteiger partial charge in [0.25, 0.3) is 0 Å². The summed E-state index contributed by atoms with van der Waals surface area (Å²) in [5, 5.41) is 12.7. The molecule has 0 spiro atoms. The van der Waals surface area contributed by atoms with Crippen LogP contribution in [0.4, 0.5) is 0 Å². The van der Waals surface area contributed by atoms with E-state index >= 15 is 0 Å². The van der Waals surface area contributed by atoms with Crippen LogP contribution in [0, 0.1) is 11.8 Å². The second-order valence-corrected chi connectivity index (χ2v) is 4.95. The van der Waals surface area contributed by atoms with Crippen molar-refractivity contribution in [3.8, 4) is 0 Å². The van der Waals surface area contributed by atoms with Crippen molar-refractivity contribution in [3.63, 3.8) is 0 Å². The molecule has 14 heavy (non-hydrogen) atoms. The molecule has 82 valence electrons. The van der Waals surface area contributed by atoms with Crippen LogP contribution in [0.5, 0.6) is 0 Å². The van der Waals surface area contributed by atoms with Crippen LogP contribution >= 0.6 is 0 Å². The summed E-state index contributed by atoms with van der Waals surface area (Å²) in [6.07, 6.45) is 9.79. The second-order valence-electron chi connectivity index (χ2n) is 4.95. The average molecular weight is 197 g/mol. The maximum Gasteiger partial charge on any atom is 0.0587 e. The van der Waals surface area contributed by atoms with Gasteiger partial charge in [-0.1, -0.05) is 38.5 Å². The van der Waals surface area contributed by atoms with Crippen molar-refractivity contribution in [2.24, 2.45) is 11.8 Å². The third-order valence-electron chi connectivity index (χ3n) is 4.10. The SMILES string of the molecule is OCC1NCCC1C1CCCCCC1. The number of nitrogens with one attached hydrogen (secondary N) is 1. The lowest BCUT2D eigenvalue weighted by atomic mass is 9.81. The Kier molecular flexibility index (Phi) is 3.82. The van der Waals surface area contributed by atoms with Gasteiger partial charge in [0.2, 0.25) is 0 Å². The smallest absolute Gasteiger partial charge is 0.0587 e. The molecule has 2 heteroatoms. The van der Waals surface area contributed by atoms with E-state index in [4.69, 9.17) is 0 Å². The minimum atomic E-state index is 0.334. The molecular formula is C12H23NO. The van der Waals surface area contributed by atoms with Crippen molar-refractivity contribution in [1.29, 1.82) is 0 Å². The van der Waals surface area contributed by atoms with Crippen LogP contribution in [0.2, 0.25) is 0 Å². The average Bonchev–Trinajstić information content (AvgIpc) is 2.52. The summed E-state index contributed by atoms with van der Waals surface area (Å²) in [6.45, 7) is 1.45. The fourth-order valence-corrected chi connectivity index (χ4v) is 3.29. The first-order valence-corrected chi connectivity index (χ1v) is 6.26. The summed E-state index contributed by atoms with van der Waals surface area (Å²) in [7, 11) is 0. The molecule has 1 heterocycles. The molecule has 2 atom stereocenters. The van der Waals surface area contributed by atoms with Crippen molar-refractivity contribution >= 4 is 0 Å². The van der Waals surface area contributed by atoms with Crippen LogP contribution in [0.3, 0.4) is 0 Å². The van der Waals surface area contributed by atoms with Gasteiger partial charge in [0.05, 0.1) is 6.61 Å². The van der Waals surface area contributed by atoms with Crippen LogP contribution in [0.25, 0.3) is 0 Å². The Balaban J connectivity index is 1.91. The molecule has 2 unspecified atom stereocenters. The summed E-state index contributed by atoms with van der Waals surface area (Å²) in [4.78, 5) is 0. The molecule has 0 aromatic heterocycles. The Morgan fingerprint density at radius 2 is 1.71 bits per heavy atom. The molecule has 1 aliphatic carbocycles. The quantitative estimate of drug-likeness (QED) is 0.663. The van der Waals surface area contributed by atoms with Gasteiger partial charge >= 0.3 is 0 Å². The minimum Gasteiger partial charge on any atom is -0.395 e.